The molecule has 0 fully saturated rings. The fourth-order valence-corrected chi connectivity index (χ4v) is 2.22. The minimum Gasteiger partial charge on any atom is -0.495 e. The molecule has 110 valence electrons. The number of rotatable bonds is 4. The zero-order valence-corrected chi connectivity index (χ0v) is 13.1. The van der Waals surface area contributed by atoms with Crippen molar-refractivity contribution >= 4 is 23.2 Å². The lowest BCUT2D eigenvalue weighted by molar-refractivity contribution is 0.102. The van der Waals surface area contributed by atoms with E-state index in [-0.39, 0.29) is 5.91 Å². The Morgan fingerprint density at radius 3 is 2.33 bits per heavy atom. The number of benzene rings is 2. The molecule has 1 amide bonds. The van der Waals surface area contributed by atoms with E-state index in [4.69, 9.17) is 16.3 Å². The van der Waals surface area contributed by atoms with Crippen LogP contribution in [0.15, 0.2) is 42.5 Å². The van der Waals surface area contributed by atoms with Crippen LogP contribution in [-0.2, 0) is 0 Å². The molecule has 0 unspecified atom stereocenters. The molecule has 0 heterocycles. The lowest BCUT2D eigenvalue weighted by atomic mass is 10.0. The van der Waals surface area contributed by atoms with Gasteiger partial charge in [0, 0.05) is 11.3 Å². The van der Waals surface area contributed by atoms with Crippen LogP contribution < -0.4 is 10.1 Å². The van der Waals surface area contributed by atoms with Crippen LogP contribution in [0.5, 0.6) is 5.75 Å². The van der Waals surface area contributed by atoms with Gasteiger partial charge in [0.25, 0.3) is 5.91 Å². The Bertz CT molecular complexity index is 636. The van der Waals surface area contributed by atoms with Crippen LogP contribution in [0.2, 0.25) is 5.02 Å². The number of nitrogens with one attached hydrogen (secondary N) is 1. The SMILES string of the molecule is COc1ccc(C(=O)Nc2ccc(C(C)C)cc2)cc1Cl. The van der Waals surface area contributed by atoms with E-state index in [1.54, 1.807) is 18.2 Å². The average molecular weight is 304 g/mol. The fraction of sp³-hybridized carbons (Fsp3) is 0.235. The maximum atomic E-state index is 12.2. The molecule has 21 heavy (non-hydrogen) atoms. The lowest BCUT2D eigenvalue weighted by Crippen LogP contribution is -2.11. The van der Waals surface area contributed by atoms with E-state index in [9.17, 15) is 4.79 Å². The zero-order valence-electron chi connectivity index (χ0n) is 12.3. The zero-order chi connectivity index (χ0) is 15.4. The van der Waals surface area contributed by atoms with Crippen LogP contribution in [0.4, 0.5) is 5.69 Å². The molecule has 0 aliphatic carbocycles. The van der Waals surface area contributed by atoms with Gasteiger partial charge in [-0.2, -0.15) is 0 Å². The van der Waals surface area contributed by atoms with Crippen molar-refractivity contribution in [1.82, 2.24) is 0 Å². The standard InChI is InChI=1S/C17H18ClNO2/c1-11(2)12-4-7-14(8-5-12)19-17(20)13-6-9-16(21-3)15(18)10-13/h4-11H,1-3H3,(H,19,20). The van der Waals surface area contributed by atoms with Crippen LogP contribution in [-0.4, -0.2) is 13.0 Å². The second kappa shape index (κ2) is 6.64. The number of ether oxygens (including phenoxy) is 1. The van der Waals surface area contributed by atoms with Crippen molar-refractivity contribution in [3.63, 3.8) is 0 Å². The number of anilines is 1. The first-order valence-corrected chi connectivity index (χ1v) is 7.14. The highest BCUT2D eigenvalue weighted by Crippen LogP contribution is 2.25. The van der Waals surface area contributed by atoms with Gasteiger partial charge < -0.3 is 10.1 Å². The van der Waals surface area contributed by atoms with Gasteiger partial charge in [-0.25, -0.2) is 0 Å². The maximum Gasteiger partial charge on any atom is 0.255 e. The Kier molecular flexibility index (Phi) is 4.86. The summed E-state index contributed by atoms with van der Waals surface area (Å²) >= 11 is 6.03. The molecular formula is C17H18ClNO2. The van der Waals surface area contributed by atoms with E-state index in [1.165, 1.54) is 12.7 Å². The normalized spacial score (nSPS) is 10.5. The Balaban J connectivity index is 2.12. The molecule has 0 atom stereocenters. The number of amides is 1. The van der Waals surface area contributed by atoms with Gasteiger partial charge in [-0.1, -0.05) is 37.6 Å². The number of carbonyl (C=O) groups is 1. The minimum atomic E-state index is -0.197. The van der Waals surface area contributed by atoms with Crippen LogP contribution in [0.3, 0.4) is 0 Å². The number of carbonyl (C=O) groups excluding carboxylic acids is 1. The summed E-state index contributed by atoms with van der Waals surface area (Å²) in [5.41, 5.74) is 2.49. The average Bonchev–Trinajstić information content (AvgIpc) is 2.47. The molecule has 3 nitrogen and oxygen atoms in total. The molecule has 0 aliphatic rings. The largest absolute Gasteiger partial charge is 0.495 e. The molecule has 0 bridgehead atoms. The molecule has 0 radical (unpaired) electrons. The van der Waals surface area contributed by atoms with E-state index in [0.29, 0.717) is 22.3 Å². The monoisotopic (exact) mass is 303 g/mol. The van der Waals surface area contributed by atoms with E-state index in [0.717, 1.165) is 5.69 Å². The van der Waals surface area contributed by atoms with Crippen LogP contribution in [0, 0.1) is 0 Å². The molecular weight excluding hydrogens is 286 g/mol. The highest BCUT2D eigenvalue weighted by Gasteiger charge is 2.09. The summed E-state index contributed by atoms with van der Waals surface area (Å²) in [4.78, 5) is 12.2. The Morgan fingerprint density at radius 2 is 1.81 bits per heavy atom. The molecule has 4 heteroatoms. The van der Waals surface area contributed by atoms with E-state index in [2.05, 4.69) is 19.2 Å². The molecule has 0 saturated heterocycles. The van der Waals surface area contributed by atoms with Gasteiger partial charge in [0.2, 0.25) is 0 Å². The summed E-state index contributed by atoms with van der Waals surface area (Å²) in [5, 5.41) is 3.27. The van der Waals surface area contributed by atoms with Crippen LogP contribution >= 0.6 is 11.6 Å². The second-order valence-electron chi connectivity index (χ2n) is 5.08. The van der Waals surface area contributed by atoms with Gasteiger partial charge in [0.1, 0.15) is 5.75 Å². The predicted octanol–water partition coefficient (Wildman–Crippen LogP) is 4.72. The quantitative estimate of drug-likeness (QED) is 0.887. The predicted molar refractivity (Wildman–Crippen MR) is 86.5 cm³/mol. The van der Waals surface area contributed by atoms with Crippen molar-refractivity contribution in [2.24, 2.45) is 0 Å². The van der Waals surface area contributed by atoms with Crippen molar-refractivity contribution in [2.45, 2.75) is 19.8 Å². The smallest absolute Gasteiger partial charge is 0.255 e. The van der Waals surface area contributed by atoms with E-state index in [1.807, 2.05) is 24.3 Å². The third-order valence-electron chi connectivity index (χ3n) is 3.25. The number of halogens is 1. The minimum absolute atomic E-state index is 0.197. The summed E-state index contributed by atoms with van der Waals surface area (Å²) in [5.74, 6) is 0.821. The summed E-state index contributed by atoms with van der Waals surface area (Å²) in [6, 6.07) is 12.8. The van der Waals surface area contributed by atoms with Crippen LogP contribution in [0.25, 0.3) is 0 Å². The van der Waals surface area contributed by atoms with Crippen molar-refractivity contribution in [3.05, 3.63) is 58.6 Å². The van der Waals surface area contributed by atoms with Gasteiger partial charge in [0.05, 0.1) is 12.1 Å². The van der Waals surface area contributed by atoms with Gasteiger partial charge >= 0.3 is 0 Å². The fourth-order valence-electron chi connectivity index (χ4n) is 1.96. The molecule has 0 aromatic heterocycles. The van der Waals surface area contributed by atoms with E-state index < -0.39 is 0 Å². The van der Waals surface area contributed by atoms with E-state index >= 15 is 0 Å². The maximum absolute atomic E-state index is 12.2. The summed E-state index contributed by atoms with van der Waals surface area (Å²) < 4.78 is 5.07. The first-order valence-electron chi connectivity index (χ1n) is 6.76. The number of methoxy groups -OCH3 is 1. The third-order valence-corrected chi connectivity index (χ3v) is 3.54. The topological polar surface area (TPSA) is 38.3 Å². The summed E-state index contributed by atoms with van der Waals surface area (Å²) in [6.45, 7) is 4.26. The second-order valence-corrected chi connectivity index (χ2v) is 5.49. The first-order chi connectivity index (χ1) is 10.0. The highest BCUT2D eigenvalue weighted by atomic mass is 35.5. The van der Waals surface area contributed by atoms with Gasteiger partial charge in [-0.05, 0) is 41.8 Å². The number of hydrogen-bond acceptors (Lipinski definition) is 2. The van der Waals surface area contributed by atoms with Crippen LogP contribution in [0.1, 0.15) is 35.7 Å². The van der Waals surface area contributed by atoms with Gasteiger partial charge in [-0.15, -0.1) is 0 Å². The Morgan fingerprint density at radius 1 is 1.14 bits per heavy atom. The summed E-state index contributed by atoms with van der Waals surface area (Å²) in [6.07, 6.45) is 0. The Labute approximate surface area is 129 Å². The highest BCUT2D eigenvalue weighted by molar-refractivity contribution is 6.32. The first kappa shape index (κ1) is 15.4. The molecule has 0 saturated carbocycles. The van der Waals surface area contributed by atoms with Crippen molar-refractivity contribution in [2.75, 3.05) is 12.4 Å². The van der Waals surface area contributed by atoms with Crippen molar-refractivity contribution in [1.29, 1.82) is 0 Å². The molecule has 2 aromatic carbocycles. The molecule has 0 aliphatic heterocycles. The lowest BCUT2D eigenvalue weighted by Gasteiger charge is -2.09. The molecule has 2 aromatic rings. The molecule has 2 rings (SSSR count). The van der Waals surface area contributed by atoms with Crippen molar-refractivity contribution in [3.8, 4) is 5.75 Å². The van der Waals surface area contributed by atoms with Gasteiger partial charge in [0.15, 0.2) is 0 Å². The number of hydrogen-bond donors (Lipinski definition) is 1. The summed E-state index contributed by atoms with van der Waals surface area (Å²) in [7, 11) is 1.54. The Hall–Kier alpha value is -2.00. The molecule has 1 N–H and O–H groups in total. The van der Waals surface area contributed by atoms with Gasteiger partial charge in [-0.3, -0.25) is 4.79 Å². The molecule has 0 spiro atoms. The van der Waals surface area contributed by atoms with Crippen molar-refractivity contribution < 1.29 is 9.53 Å². The third kappa shape index (κ3) is 3.76.